The molecule has 1 saturated heterocycles. The van der Waals surface area contributed by atoms with E-state index < -0.39 is 6.04 Å². The first kappa shape index (κ1) is 17.2. The Kier molecular flexibility index (Phi) is 4.54. The number of nitrogens with zero attached hydrogens (tertiary/aromatic N) is 2. The molecule has 0 aromatic rings. The number of carbonyl (C=O) groups excluding carboxylic acids is 3. The molecule has 0 bridgehead atoms. The molecule has 3 amide bonds. The number of hydrogen-bond acceptors (Lipinski definition) is 3. The van der Waals surface area contributed by atoms with Gasteiger partial charge in [-0.2, -0.15) is 0 Å². The summed E-state index contributed by atoms with van der Waals surface area (Å²) in [6.45, 7) is 8.62. The number of likely N-dealkylation sites (tertiary alicyclic amines) is 1. The summed E-state index contributed by atoms with van der Waals surface area (Å²) in [5.41, 5.74) is 0. The first-order chi connectivity index (χ1) is 11.3. The van der Waals surface area contributed by atoms with Gasteiger partial charge in [-0.25, -0.2) is 0 Å². The molecule has 0 aromatic carbocycles. The highest BCUT2D eigenvalue weighted by molar-refractivity contribution is 6.08. The molecule has 5 nitrogen and oxygen atoms in total. The van der Waals surface area contributed by atoms with Crippen LogP contribution in [-0.2, 0) is 14.4 Å². The predicted octanol–water partition coefficient (Wildman–Crippen LogP) is 2.22. The molecule has 1 heterocycles. The highest BCUT2D eigenvalue weighted by Crippen LogP contribution is 2.39. The fourth-order valence-corrected chi connectivity index (χ4v) is 4.02. The van der Waals surface area contributed by atoms with Crippen LogP contribution in [0.25, 0.3) is 0 Å². The molecule has 3 aliphatic rings. The maximum Gasteiger partial charge on any atom is 0.245 e. The van der Waals surface area contributed by atoms with Gasteiger partial charge in [0.05, 0.1) is 11.8 Å². The van der Waals surface area contributed by atoms with Gasteiger partial charge in [-0.3, -0.25) is 19.3 Å². The van der Waals surface area contributed by atoms with E-state index in [1.54, 1.807) is 6.92 Å². The second-order valence-corrected chi connectivity index (χ2v) is 7.94. The minimum atomic E-state index is -0.702. The van der Waals surface area contributed by atoms with Crippen molar-refractivity contribution in [3.05, 3.63) is 12.2 Å². The first-order valence-electron chi connectivity index (χ1n) is 9.15. The van der Waals surface area contributed by atoms with E-state index in [4.69, 9.17) is 0 Å². The lowest BCUT2D eigenvalue weighted by atomic mass is 9.85. The first-order valence-corrected chi connectivity index (χ1v) is 9.15. The minimum absolute atomic E-state index is 0.0736. The summed E-state index contributed by atoms with van der Waals surface area (Å²) in [5.74, 6) is 0.246. The maximum atomic E-state index is 13.0. The number of amides is 3. The summed E-state index contributed by atoms with van der Waals surface area (Å²) < 4.78 is 0. The van der Waals surface area contributed by atoms with Crippen LogP contribution in [-0.4, -0.2) is 46.1 Å². The van der Waals surface area contributed by atoms with Crippen molar-refractivity contribution >= 4 is 17.7 Å². The SMILES string of the molecule is CC(C)N(C[C@H]1C[C@H]1C)C(=O)[C@@H](C)N1C(=O)[C@H]2CC=CC[C@H]2C1=O. The molecule has 5 heteroatoms. The summed E-state index contributed by atoms with van der Waals surface area (Å²) >= 11 is 0. The Labute approximate surface area is 144 Å². The Morgan fingerprint density at radius 1 is 1.17 bits per heavy atom. The maximum absolute atomic E-state index is 13.0. The lowest BCUT2D eigenvalue weighted by molar-refractivity contribution is -0.151. The molecule has 0 aromatic heterocycles. The molecule has 0 radical (unpaired) electrons. The lowest BCUT2D eigenvalue weighted by Crippen LogP contribution is -2.52. The average Bonchev–Trinajstić information content (AvgIpc) is 3.19. The van der Waals surface area contributed by atoms with E-state index in [-0.39, 0.29) is 35.6 Å². The van der Waals surface area contributed by atoms with E-state index >= 15 is 0 Å². The van der Waals surface area contributed by atoms with Gasteiger partial charge in [0.25, 0.3) is 0 Å². The van der Waals surface area contributed by atoms with Crippen molar-refractivity contribution in [3.63, 3.8) is 0 Å². The molecule has 0 unspecified atom stereocenters. The zero-order chi connectivity index (χ0) is 17.6. The number of rotatable bonds is 5. The Morgan fingerprint density at radius 3 is 2.08 bits per heavy atom. The van der Waals surface area contributed by atoms with Crippen molar-refractivity contribution in [2.24, 2.45) is 23.7 Å². The van der Waals surface area contributed by atoms with Crippen molar-refractivity contribution in [2.45, 2.75) is 59.0 Å². The van der Waals surface area contributed by atoms with E-state index in [0.29, 0.717) is 24.7 Å². The van der Waals surface area contributed by atoms with Crippen molar-refractivity contribution in [3.8, 4) is 0 Å². The lowest BCUT2D eigenvalue weighted by Gasteiger charge is -2.32. The van der Waals surface area contributed by atoms with Crippen LogP contribution in [0, 0.1) is 23.7 Å². The third-order valence-corrected chi connectivity index (χ3v) is 5.90. The van der Waals surface area contributed by atoms with Crippen LogP contribution in [0.2, 0.25) is 0 Å². The van der Waals surface area contributed by atoms with Crippen LogP contribution in [0.3, 0.4) is 0 Å². The van der Waals surface area contributed by atoms with E-state index in [1.165, 1.54) is 4.90 Å². The highest BCUT2D eigenvalue weighted by Gasteiger charge is 2.51. The average molecular weight is 332 g/mol. The van der Waals surface area contributed by atoms with Gasteiger partial charge in [0.1, 0.15) is 6.04 Å². The van der Waals surface area contributed by atoms with E-state index in [9.17, 15) is 14.4 Å². The zero-order valence-corrected chi connectivity index (χ0v) is 15.1. The van der Waals surface area contributed by atoms with E-state index in [2.05, 4.69) is 6.92 Å². The summed E-state index contributed by atoms with van der Waals surface area (Å²) in [6, 6.07) is -0.628. The second kappa shape index (κ2) is 6.34. The molecule has 5 atom stereocenters. The van der Waals surface area contributed by atoms with Gasteiger partial charge >= 0.3 is 0 Å². The summed E-state index contributed by atoms with van der Waals surface area (Å²) in [6.07, 6.45) is 6.32. The Hall–Kier alpha value is -1.65. The number of fused-ring (bicyclic) bond motifs is 1. The van der Waals surface area contributed by atoms with Crippen LogP contribution in [0.1, 0.15) is 47.0 Å². The summed E-state index contributed by atoms with van der Waals surface area (Å²) in [4.78, 5) is 41.4. The molecule has 3 rings (SSSR count). The molecule has 132 valence electrons. The van der Waals surface area contributed by atoms with Gasteiger partial charge in [-0.15, -0.1) is 0 Å². The van der Waals surface area contributed by atoms with Crippen LogP contribution in [0.15, 0.2) is 12.2 Å². The van der Waals surface area contributed by atoms with Gasteiger partial charge in [0.15, 0.2) is 0 Å². The molecular weight excluding hydrogens is 304 g/mol. The number of carbonyl (C=O) groups is 3. The van der Waals surface area contributed by atoms with Crippen molar-refractivity contribution in [1.29, 1.82) is 0 Å². The minimum Gasteiger partial charge on any atom is -0.338 e. The van der Waals surface area contributed by atoms with Gasteiger partial charge in [0, 0.05) is 12.6 Å². The molecule has 0 N–H and O–H groups in total. The molecule has 2 aliphatic carbocycles. The van der Waals surface area contributed by atoms with Crippen LogP contribution in [0.4, 0.5) is 0 Å². The monoisotopic (exact) mass is 332 g/mol. The number of hydrogen-bond donors (Lipinski definition) is 0. The molecule has 2 fully saturated rings. The number of imide groups is 1. The highest BCUT2D eigenvalue weighted by atomic mass is 16.2. The largest absolute Gasteiger partial charge is 0.338 e. The number of allylic oxidation sites excluding steroid dienone is 2. The molecule has 0 spiro atoms. The summed E-state index contributed by atoms with van der Waals surface area (Å²) in [5, 5.41) is 0. The Balaban J connectivity index is 1.74. The molecule has 1 saturated carbocycles. The molecule has 1 aliphatic heterocycles. The molecular formula is C19H28N2O3. The summed E-state index contributed by atoms with van der Waals surface area (Å²) in [7, 11) is 0. The Bertz CT molecular complexity index is 557. The Morgan fingerprint density at radius 2 is 1.67 bits per heavy atom. The zero-order valence-electron chi connectivity index (χ0n) is 15.1. The standard InChI is InChI=1S/C19H28N2O3/c1-11(2)20(10-14-9-12(14)3)17(22)13(4)21-18(23)15-7-5-6-8-16(15)19(21)24/h5-6,11-16H,7-10H2,1-4H3/t12-,13-,14-,15-,16+/m1/s1. The van der Waals surface area contributed by atoms with Crippen molar-refractivity contribution < 1.29 is 14.4 Å². The van der Waals surface area contributed by atoms with E-state index in [1.807, 2.05) is 30.9 Å². The van der Waals surface area contributed by atoms with Gasteiger partial charge in [-0.05, 0) is 51.9 Å². The van der Waals surface area contributed by atoms with Crippen LogP contribution in [0.5, 0.6) is 0 Å². The van der Waals surface area contributed by atoms with Crippen LogP contribution < -0.4 is 0 Å². The molecule has 24 heavy (non-hydrogen) atoms. The topological polar surface area (TPSA) is 57.7 Å². The third-order valence-electron chi connectivity index (χ3n) is 5.90. The normalized spacial score (nSPS) is 33.0. The smallest absolute Gasteiger partial charge is 0.245 e. The van der Waals surface area contributed by atoms with Gasteiger partial charge in [0.2, 0.25) is 17.7 Å². The quantitative estimate of drug-likeness (QED) is 0.573. The third kappa shape index (κ3) is 2.89. The second-order valence-electron chi connectivity index (χ2n) is 7.94. The predicted molar refractivity (Wildman–Crippen MR) is 90.8 cm³/mol. The van der Waals surface area contributed by atoms with Gasteiger partial charge in [-0.1, -0.05) is 19.1 Å². The van der Waals surface area contributed by atoms with Crippen LogP contribution >= 0.6 is 0 Å². The van der Waals surface area contributed by atoms with Crippen molar-refractivity contribution in [1.82, 2.24) is 9.80 Å². The van der Waals surface area contributed by atoms with Crippen molar-refractivity contribution in [2.75, 3.05) is 6.54 Å². The fraction of sp³-hybridized carbons (Fsp3) is 0.737. The van der Waals surface area contributed by atoms with Gasteiger partial charge < -0.3 is 4.90 Å². The van der Waals surface area contributed by atoms with E-state index in [0.717, 1.165) is 13.0 Å². The fourth-order valence-electron chi connectivity index (χ4n) is 4.02.